The van der Waals surface area contributed by atoms with Gasteiger partial charge in [-0.05, 0) is 20.9 Å². The van der Waals surface area contributed by atoms with Crippen molar-refractivity contribution < 1.29 is 4.79 Å². The molecule has 6 nitrogen and oxygen atoms in total. The van der Waals surface area contributed by atoms with E-state index in [1.165, 1.54) is 0 Å². The molecule has 1 amide bonds. The second-order valence-corrected chi connectivity index (χ2v) is 5.31. The minimum atomic E-state index is 0.0288. The van der Waals surface area contributed by atoms with E-state index in [0.29, 0.717) is 13.1 Å². The molecule has 0 aliphatic rings. The van der Waals surface area contributed by atoms with Crippen molar-refractivity contribution in [2.24, 2.45) is 0 Å². The number of carbonyl (C=O) groups is 1. The number of anilines is 1. The van der Waals surface area contributed by atoms with Gasteiger partial charge >= 0.3 is 0 Å². The van der Waals surface area contributed by atoms with Crippen molar-refractivity contribution in [2.45, 2.75) is 20.4 Å². The van der Waals surface area contributed by atoms with E-state index in [4.69, 9.17) is 0 Å². The molecular formula is C13H21N5OS. The van der Waals surface area contributed by atoms with Crippen molar-refractivity contribution in [1.82, 2.24) is 20.0 Å². The van der Waals surface area contributed by atoms with Crippen molar-refractivity contribution in [3.05, 3.63) is 17.3 Å². The smallest absolute Gasteiger partial charge is 0.239 e. The van der Waals surface area contributed by atoms with E-state index in [1.54, 1.807) is 11.3 Å². The summed E-state index contributed by atoms with van der Waals surface area (Å²) in [5, 5.41) is 8.02. The van der Waals surface area contributed by atoms with Crippen LogP contribution in [0.15, 0.2) is 11.6 Å². The summed E-state index contributed by atoms with van der Waals surface area (Å²) in [6, 6.07) is 0. The maximum absolute atomic E-state index is 11.8. The molecule has 0 aliphatic carbocycles. The summed E-state index contributed by atoms with van der Waals surface area (Å²) in [6.07, 6.45) is 2.02. The van der Waals surface area contributed by atoms with Gasteiger partial charge in [0.1, 0.15) is 0 Å². The Hall–Kier alpha value is -1.60. The Morgan fingerprint density at radius 1 is 1.50 bits per heavy atom. The van der Waals surface area contributed by atoms with Crippen LogP contribution in [0.25, 0.3) is 4.96 Å². The number of hydrogen-bond acceptors (Lipinski definition) is 5. The molecule has 7 heteroatoms. The standard InChI is InChI=1S/C13H21N5OS/c1-4-15-11(19)9-17(5-2)12-10(8-14-3)18-6-7-20-13(18)16-12/h6-7,14H,4-5,8-9H2,1-3H3,(H,15,19). The first kappa shape index (κ1) is 14.8. The van der Waals surface area contributed by atoms with E-state index in [9.17, 15) is 4.79 Å². The van der Waals surface area contributed by atoms with Crippen molar-refractivity contribution in [2.75, 3.05) is 31.6 Å². The minimum Gasteiger partial charge on any atom is -0.355 e. The van der Waals surface area contributed by atoms with Gasteiger partial charge in [0.15, 0.2) is 10.8 Å². The van der Waals surface area contributed by atoms with Gasteiger partial charge < -0.3 is 15.5 Å². The molecule has 0 bridgehead atoms. The fourth-order valence-electron chi connectivity index (χ4n) is 2.17. The molecule has 0 aliphatic heterocycles. The van der Waals surface area contributed by atoms with Crippen LogP contribution in [-0.4, -0.2) is 42.0 Å². The van der Waals surface area contributed by atoms with Gasteiger partial charge in [-0.15, -0.1) is 11.3 Å². The second kappa shape index (κ2) is 6.71. The minimum absolute atomic E-state index is 0.0288. The highest BCUT2D eigenvalue weighted by Gasteiger charge is 2.19. The van der Waals surface area contributed by atoms with Crippen LogP contribution in [0.3, 0.4) is 0 Å². The zero-order chi connectivity index (χ0) is 14.5. The topological polar surface area (TPSA) is 61.7 Å². The van der Waals surface area contributed by atoms with Gasteiger partial charge in [0.2, 0.25) is 5.91 Å². The van der Waals surface area contributed by atoms with Crippen LogP contribution in [0, 0.1) is 0 Å². The number of thiazole rings is 1. The molecule has 110 valence electrons. The summed E-state index contributed by atoms with van der Waals surface area (Å²) < 4.78 is 2.08. The maximum Gasteiger partial charge on any atom is 0.239 e. The molecule has 0 radical (unpaired) electrons. The van der Waals surface area contributed by atoms with Crippen LogP contribution < -0.4 is 15.5 Å². The number of fused-ring (bicyclic) bond motifs is 1. The Bertz CT molecular complexity index is 576. The average Bonchev–Trinajstić information content (AvgIpc) is 2.99. The van der Waals surface area contributed by atoms with Crippen molar-refractivity contribution in [3.8, 4) is 0 Å². The highest BCUT2D eigenvalue weighted by molar-refractivity contribution is 7.15. The van der Waals surface area contributed by atoms with E-state index in [-0.39, 0.29) is 5.91 Å². The van der Waals surface area contributed by atoms with Crippen LogP contribution in [0.5, 0.6) is 0 Å². The third kappa shape index (κ3) is 2.94. The molecule has 2 aromatic heterocycles. The summed E-state index contributed by atoms with van der Waals surface area (Å²) in [5.41, 5.74) is 1.09. The average molecular weight is 295 g/mol. The zero-order valence-corrected chi connectivity index (χ0v) is 13.0. The molecule has 20 heavy (non-hydrogen) atoms. The van der Waals surface area contributed by atoms with Gasteiger partial charge in [0, 0.05) is 31.2 Å². The predicted molar refractivity (Wildman–Crippen MR) is 82.4 cm³/mol. The maximum atomic E-state index is 11.8. The first-order chi connectivity index (χ1) is 9.71. The van der Waals surface area contributed by atoms with Gasteiger partial charge in [0.25, 0.3) is 0 Å². The summed E-state index contributed by atoms with van der Waals surface area (Å²) in [5.74, 6) is 0.918. The second-order valence-electron chi connectivity index (χ2n) is 4.44. The molecule has 0 saturated heterocycles. The predicted octanol–water partition coefficient (Wildman–Crippen LogP) is 1.08. The van der Waals surface area contributed by atoms with E-state index in [2.05, 4.69) is 20.0 Å². The monoisotopic (exact) mass is 295 g/mol. The zero-order valence-electron chi connectivity index (χ0n) is 12.1. The lowest BCUT2D eigenvalue weighted by Crippen LogP contribution is -2.37. The van der Waals surface area contributed by atoms with Gasteiger partial charge in [-0.25, -0.2) is 4.98 Å². The van der Waals surface area contributed by atoms with Gasteiger partial charge in [0.05, 0.1) is 12.2 Å². The molecule has 2 heterocycles. The first-order valence-electron chi connectivity index (χ1n) is 6.81. The van der Waals surface area contributed by atoms with Crippen LogP contribution in [-0.2, 0) is 11.3 Å². The summed E-state index contributed by atoms with van der Waals surface area (Å²) >= 11 is 1.60. The fourth-order valence-corrected chi connectivity index (χ4v) is 2.90. The molecule has 0 atom stereocenters. The number of imidazole rings is 1. The SMILES string of the molecule is CCNC(=O)CN(CC)c1nc2sccn2c1CNC. The van der Waals surface area contributed by atoms with Crippen LogP contribution in [0.2, 0.25) is 0 Å². The number of nitrogens with one attached hydrogen (secondary N) is 2. The highest BCUT2D eigenvalue weighted by atomic mass is 32.1. The van der Waals surface area contributed by atoms with E-state index in [1.807, 2.05) is 37.4 Å². The van der Waals surface area contributed by atoms with E-state index >= 15 is 0 Å². The Kier molecular flexibility index (Phi) is 4.97. The summed E-state index contributed by atoms with van der Waals surface area (Å²) in [7, 11) is 1.91. The number of amides is 1. The molecule has 2 rings (SSSR count). The normalized spacial score (nSPS) is 10.9. The van der Waals surface area contributed by atoms with E-state index < -0.39 is 0 Å². The van der Waals surface area contributed by atoms with Crippen molar-refractivity contribution >= 4 is 28.0 Å². The number of aromatic nitrogens is 2. The molecule has 2 aromatic rings. The van der Waals surface area contributed by atoms with Crippen LogP contribution in [0.4, 0.5) is 5.82 Å². The third-order valence-electron chi connectivity index (χ3n) is 3.07. The summed E-state index contributed by atoms with van der Waals surface area (Å²) in [4.78, 5) is 19.4. The lowest BCUT2D eigenvalue weighted by molar-refractivity contribution is -0.119. The Morgan fingerprint density at radius 2 is 2.30 bits per heavy atom. The molecule has 0 saturated carbocycles. The number of nitrogens with zero attached hydrogens (tertiary/aromatic N) is 3. The summed E-state index contributed by atoms with van der Waals surface area (Å²) in [6.45, 7) is 6.42. The quantitative estimate of drug-likeness (QED) is 0.802. The molecule has 0 aromatic carbocycles. The number of rotatable bonds is 7. The number of likely N-dealkylation sites (N-methyl/N-ethyl adjacent to an activating group) is 2. The Labute approximate surface area is 122 Å². The highest BCUT2D eigenvalue weighted by Crippen LogP contribution is 2.24. The van der Waals surface area contributed by atoms with Crippen LogP contribution >= 0.6 is 11.3 Å². The molecular weight excluding hydrogens is 274 g/mol. The molecule has 0 spiro atoms. The fraction of sp³-hybridized carbons (Fsp3) is 0.538. The molecule has 2 N–H and O–H groups in total. The Morgan fingerprint density at radius 3 is 2.95 bits per heavy atom. The number of hydrogen-bond donors (Lipinski definition) is 2. The van der Waals surface area contributed by atoms with E-state index in [0.717, 1.165) is 29.6 Å². The van der Waals surface area contributed by atoms with Gasteiger partial charge in [-0.1, -0.05) is 0 Å². The molecule has 0 fully saturated rings. The number of carbonyl (C=O) groups excluding carboxylic acids is 1. The van der Waals surface area contributed by atoms with Gasteiger partial charge in [-0.2, -0.15) is 0 Å². The van der Waals surface area contributed by atoms with Gasteiger partial charge in [-0.3, -0.25) is 9.20 Å². The molecule has 0 unspecified atom stereocenters. The first-order valence-corrected chi connectivity index (χ1v) is 7.69. The lowest BCUT2D eigenvalue weighted by atomic mass is 10.3. The lowest BCUT2D eigenvalue weighted by Gasteiger charge is -2.21. The largest absolute Gasteiger partial charge is 0.355 e. The van der Waals surface area contributed by atoms with Crippen molar-refractivity contribution in [3.63, 3.8) is 0 Å². The van der Waals surface area contributed by atoms with Crippen LogP contribution in [0.1, 0.15) is 19.5 Å². The third-order valence-corrected chi connectivity index (χ3v) is 3.83. The van der Waals surface area contributed by atoms with Crippen molar-refractivity contribution in [1.29, 1.82) is 0 Å². The Balaban J connectivity index is 2.30.